The number of ether oxygens (including phenoxy) is 1. The first-order valence-electron chi connectivity index (χ1n) is 4.75. The molecule has 1 aromatic carbocycles. The Bertz CT molecular complexity index is 379. The van der Waals surface area contributed by atoms with Crippen molar-refractivity contribution in [2.24, 2.45) is 0 Å². The molecule has 0 fully saturated rings. The third-order valence-corrected chi connectivity index (χ3v) is 1.87. The number of benzene rings is 1. The van der Waals surface area contributed by atoms with Gasteiger partial charge in [-0.3, -0.25) is 0 Å². The molecule has 0 aliphatic carbocycles. The fraction of sp³-hybridized carbons (Fsp3) is 0.333. The van der Waals surface area contributed by atoms with Gasteiger partial charge in [0.1, 0.15) is 11.6 Å². The van der Waals surface area contributed by atoms with Crippen LogP contribution < -0.4 is 4.74 Å². The van der Waals surface area contributed by atoms with E-state index in [4.69, 9.17) is 16.3 Å². The zero-order chi connectivity index (χ0) is 11.1. The highest BCUT2D eigenvalue weighted by molar-refractivity contribution is 6.18. The molecule has 0 aliphatic heterocycles. The standard InChI is InChI=1S/C12H12ClFO/c1-2-15-12-7-6-11(14)9-10(12)5-3-4-8-13/h6-7,9H,2,4,8H2,1H3. The second kappa shape index (κ2) is 6.31. The largest absolute Gasteiger partial charge is 0.493 e. The van der Waals surface area contributed by atoms with Gasteiger partial charge in [0.05, 0.1) is 12.2 Å². The van der Waals surface area contributed by atoms with Crippen molar-refractivity contribution in [2.45, 2.75) is 13.3 Å². The summed E-state index contributed by atoms with van der Waals surface area (Å²) in [5.74, 6) is 6.47. The second-order valence-electron chi connectivity index (χ2n) is 2.81. The van der Waals surface area contributed by atoms with Crippen LogP contribution in [0, 0.1) is 17.7 Å². The summed E-state index contributed by atoms with van der Waals surface area (Å²) in [5, 5.41) is 0. The minimum absolute atomic E-state index is 0.311. The minimum atomic E-state index is -0.311. The summed E-state index contributed by atoms with van der Waals surface area (Å²) in [6.45, 7) is 2.41. The van der Waals surface area contributed by atoms with Crippen LogP contribution in [-0.4, -0.2) is 12.5 Å². The summed E-state index contributed by atoms with van der Waals surface area (Å²) in [6.07, 6.45) is 0.587. The van der Waals surface area contributed by atoms with Gasteiger partial charge < -0.3 is 4.74 Å². The first kappa shape index (κ1) is 11.9. The molecule has 3 heteroatoms. The van der Waals surface area contributed by atoms with E-state index in [1.807, 2.05) is 6.92 Å². The quantitative estimate of drug-likeness (QED) is 0.568. The van der Waals surface area contributed by atoms with Crippen molar-refractivity contribution in [3.05, 3.63) is 29.6 Å². The summed E-state index contributed by atoms with van der Waals surface area (Å²) in [7, 11) is 0. The molecule has 1 nitrogen and oxygen atoms in total. The Morgan fingerprint density at radius 1 is 1.47 bits per heavy atom. The molecule has 0 aromatic heterocycles. The zero-order valence-electron chi connectivity index (χ0n) is 8.52. The van der Waals surface area contributed by atoms with Crippen LogP contribution in [0.15, 0.2) is 18.2 Å². The van der Waals surface area contributed by atoms with Gasteiger partial charge in [-0.1, -0.05) is 11.8 Å². The summed E-state index contributed by atoms with van der Waals surface area (Å²) < 4.78 is 18.3. The molecule has 0 unspecified atom stereocenters. The van der Waals surface area contributed by atoms with Crippen molar-refractivity contribution >= 4 is 11.6 Å². The van der Waals surface area contributed by atoms with E-state index < -0.39 is 0 Å². The molecular formula is C12H12ClFO. The van der Waals surface area contributed by atoms with Crippen LogP contribution in [0.2, 0.25) is 0 Å². The van der Waals surface area contributed by atoms with E-state index >= 15 is 0 Å². The van der Waals surface area contributed by atoms with Crippen LogP contribution in [0.25, 0.3) is 0 Å². The molecule has 0 bridgehead atoms. The average molecular weight is 227 g/mol. The van der Waals surface area contributed by atoms with Crippen molar-refractivity contribution in [2.75, 3.05) is 12.5 Å². The fourth-order valence-electron chi connectivity index (χ4n) is 1.09. The third-order valence-electron chi connectivity index (χ3n) is 1.68. The van der Waals surface area contributed by atoms with Crippen molar-refractivity contribution < 1.29 is 9.13 Å². The SMILES string of the molecule is CCOc1ccc(F)cc1C#CCCCl. The highest BCUT2D eigenvalue weighted by Gasteiger charge is 2.01. The Labute approximate surface area is 94.2 Å². The van der Waals surface area contributed by atoms with Gasteiger partial charge in [-0.15, -0.1) is 11.6 Å². The molecule has 0 saturated carbocycles. The van der Waals surface area contributed by atoms with Crippen LogP contribution in [0.4, 0.5) is 4.39 Å². The lowest BCUT2D eigenvalue weighted by Crippen LogP contribution is -1.94. The smallest absolute Gasteiger partial charge is 0.135 e. The number of halogens is 2. The summed E-state index contributed by atoms with van der Waals surface area (Å²) >= 11 is 5.49. The average Bonchev–Trinajstić information content (AvgIpc) is 2.22. The van der Waals surface area contributed by atoms with Gasteiger partial charge in [-0.25, -0.2) is 4.39 Å². The molecule has 0 heterocycles. The molecule has 15 heavy (non-hydrogen) atoms. The Balaban J connectivity index is 2.92. The predicted octanol–water partition coefficient (Wildman–Crippen LogP) is 3.20. The molecule has 0 N–H and O–H groups in total. The van der Waals surface area contributed by atoms with Crippen molar-refractivity contribution in [3.8, 4) is 17.6 Å². The Kier molecular flexibility index (Phi) is 5.00. The lowest BCUT2D eigenvalue weighted by molar-refractivity contribution is 0.338. The van der Waals surface area contributed by atoms with Crippen molar-refractivity contribution in [1.82, 2.24) is 0 Å². The van der Waals surface area contributed by atoms with Gasteiger partial charge in [0.2, 0.25) is 0 Å². The number of hydrogen-bond acceptors (Lipinski definition) is 1. The molecule has 0 saturated heterocycles. The Morgan fingerprint density at radius 2 is 2.27 bits per heavy atom. The van der Waals surface area contributed by atoms with Gasteiger partial charge in [0.15, 0.2) is 0 Å². The molecular weight excluding hydrogens is 215 g/mol. The molecule has 1 rings (SSSR count). The first-order valence-corrected chi connectivity index (χ1v) is 5.28. The topological polar surface area (TPSA) is 9.23 Å². The fourth-order valence-corrected chi connectivity index (χ4v) is 1.18. The highest BCUT2D eigenvalue weighted by atomic mass is 35.5. The van der Waals surface area contributed by atoms with Crippen LogP contribution in [-0.2, 0) is 0 Å². The number of rotatable bonds is 3. The van der Waals surface area contributed by atoms with E-state index in [1.54, 1.807) is 6.07 Å². The second-order valence-corrected chi connectivity index (χ2v) is 3.19. The van der Waals surface area contributed by atoms with Gasteiger partial charge >= 0.3 is 0 Å². The molecule has 0 amide bonds. The van der Waals surface area contributed by atoms with Crippen LogP contribution in [0.3, 0.4) is 0 Å². The van der Waals surface area contributed by atoms with Gasteiger partial charge in [-0.05, 0) is 25.1 Å². The minimum Gasteiger partial charge on any atom is -0.493 e. The van der Waals surface area contributed by atoms with E-state index in [0.29, 0.717) is 30.2 Å². The van der Waals surface area contributed by atoms with E-state index in [0.717, 1.165) is 0 Å². The predicted molar refractivity (Wildman–Crippen MR) is 59.8 cm³/mol. The molecule has 80 valence electrons. The summed E-state index contributed by atoms with van der Waals surface area (Å²) in [4.78, 5) is 0. The van der Waals surface area contributed by atoms with E-state index in [9.17, 15) is 4.39 Å². The number of alkyl halides is 1. The lowest BCUT2D eigenvalue weighted by atomic mass is 10.2. The normalized spacial score (nSPS) is 9.27. The van der Waals surface area contributed by atoms with Crippen molar-refractivity contribution in [1.29, 1.82) is 0 Å². The van der Waals surface area contributed by atoms with Crippen LogP contribution in [0.5, 0.6) is 5.75 Å². The molecule has 0 aliphatic rings. The van der Waals surface area contributed by atoms with E-state index in [2.05, 4.69) is 11.8 Å². The van der Waals surface area contributed by atoms with Gasteiger partial charge in [0, 0.05) is 12.3 Å². The van der Waals surface area contributed by atoms with Gasteiger partial charge in [-0.2, -0.15) is 0 Å². The Hall–Kier alpha value is -1.20. The summed E-state index contributed by atoms with van der Waals surface area (Å²) in [6, 6.07) is 4.31. The highest BCUT2D eigenvalue weighted by Crippen LogP contribution is 2.18. The molecule has 0 spiro atoms. The molecule has 0 radical (unpaired) electrons. The molecule has 1 aromatic rings. The van der Waals surface area contributed by atoms with E-state index in [1.165, 1.54) is 12.1 Å². The maximum absolute atomic E-state index is 12.9. The third kappa shape index (κ3) is 3.81. The maximum atomic E-state index is 12.9. The Morgan fingerprint density at radius 3 is 2.93 bits per heavy atom. The van der Waals surface area contributed by atoms with Gasteiger partial charge in [0.25, 0.3) is 0 Å². The molecule has 0 atom stereocenters. The first-order chi connectivity index (χ1) is 7.27. The zero-order valence-corrected chi connectivity index (χ0v) is 9.27. The number of hydrogen-bond donors (Lipinski definition) is 0. The van der Waals surface area contributed by atoms with Crippen LogP contribution in [0.1, 0.15) is 18.9 Å². The lowest BCUT2D eigenvalue weighted by Gasteiger charge is -2.05. The van der Waals surface area contributed by atoms with E-state index in [-0.39, 0.29) is 5.82 Å². The van der Waals surface area contributed by atoms with Crippen molar-refractivity contribution in [3.63, 3.8) is 0 Å². The van der Waals surface area contributed by atoms with Crippen LogP contribution >= 0.6 is 11.6 Å². The summed E-state index contributed by atoms with van der Waals surface area (Å²) in [5.41, 5.74) is 0.571. The monoisotopic (exact) mass is 226 g/mol. The maximum Gasteiger partial charge on any atom is 0.135 e.